The van der Waals surface area contributed by atoms with Crippen LogP contribution in [-0.4, -0.2) is 10.9 Å². The maximum absolute atomic E-state index is 5.86. The highest BCUT2D eigenvalue weighted by molar-refractivity contribution is 5.92. The molecule has 0 aliphatic rings. The summed E-state index contributed by atoms with van der Waals surface area (Å²) in [5, 5.41) is 3.09. The first-order valence-corrected chi connectivity index (χ1v) is 6.32. The minimum Gasteiger partial charge on any atom is -0.370 e. The fourth-order valence-corrected chi connectivity index (χ4v) is 1.72. The Morgan fingerprint density at radius 3 is 2.84 bits per heavy atom. The van der Waals surface area contributed by atoms with Crippen molar-refractivity contribution in [3.63, 3.8) is 0 Å². The number of hydrogen-bond acceptors (Lipinski definition) is 2. The Bertz CT molecular complexity index is 549. The second kappa shape index (κ2) is 6.54. The van der Waals surface area contributed by atoms with E-state index in [1.165, 1.54) is 5.56 Å². The fourth-order valence-electron chi connectivity index (χ4n) is 1.72. The molecule has 0 unspecified atom stereocenters. The van der Waals surface area contributed by atoms with Crippen molar-refractivity contribution in [2.24, 2.45) is 10.7 Å². The van der Waals surface area contributed by atoms with E-state index >= 15 is 0 Å². The zero-order valence-electron chi connectivity index (χ0n) is 11.0. The van der Waals surface area contributed by atoms with Gasteiger partial charge in [-0.1, -0.05) is 25.1 Å². The molecular weight excluding hydrogens is 236 g/mol. The molecule has 0 saturated heterocycles. The highest BCUT2D eigenvalue weighted by Gasteiger charge is 1.97. The van der Waals surface area contributed by atoms with E-state index in [1.54, 1.807) is 12.4 Å². The van der Waals surface area contributed by atoms with Crippen LogP contribution in [0.5, 0.6) is 0 Å². The second-order valence-electron chi connectivity index (χ2n) is 4.24. The third-order valence-corrected chi connectivity index (χ3v) is 2.76. The minimum atomic E-state index is 0.414. The smallest absolute Gasteiger partial charge is 0.193 e. The van der Waals surface area contributed by atoms with Gasteiger partial charge >= 0.3 is 0 Å². The van der Waals surface area contributed by atoms with Crippen LogP contribution in [0.3, 0.4) is 0 Å². The molecule has 2 rings (SSSR count). The van der Waals surface area contributed by atoms with Crippen LogP contribution >= 0.6 is 0 Å². The molecule has 1 aromatic carbocycles. The van der Waals surface area contributed by atoms with Crippen molar-refractivity contribution in [2.75, 3.05) is 5.32 Å². The van der Waals surface area contributed by atoms with E-state index < -0.39 is 0 Å². The number of guanidine groups is 1. The molecule has 0 amide bonds. The van der Waals surface area contributed by atoms with E-state index in [4.69, 9.17) is 5.73 Å². The zero-order chi connectivity index (χ0) is 13.5. The van der Waals surface area contributed by atoms with Gasteiger partial charge in [0, 0.05) is 18.1 Å². The van der Waals surface area contributed by atoms with Crippen LogP contribution in [0.2, 0.25) is 0 Å². The summed E-state index contributed by atoms with van der Waals surface area (Å²) >= 11 is 0. The summed E-state index contributed by atoms with van der Waals surface area (Å²) < 4.78 is 0. The lowest BCUT2D eigenvalue weighted by molar-refractivity contribution is 1.04. The Hall–Kier alpha value is -2.36. The molecule has 0 aliphatic heterocycles. The predicted molar refractivity (Wildman–Crippen MR) is 79.0 cm³/mol. The lowest BCUT2D eigenvalue weighted by atomic mass is 10.1. The number of pyridine rings is 1. The van der Waals surface area contributed by atoms with E-state index in [-0.39, 0.29) is 0 Å². The molecule has 0 radical (unpaired) electrons. The van der Waals surface area contributed by atoms with E-state index in [0.29, 0.717) is 12.5 Å². The van der Waals surface area contributed by atoms with Crippen molar-refractivity contribution in [1.82, 2.24) is 4.98 Å². The summed E-state index contributed by atoms with van der Waals surface area (Å²) in [4.78, 5) is 8.33. The number of rotatable bonds is 4. The van der Waals surface area contributed by atoms with E-state index in [1.807, 2.05) is 24.3 Å². The summed E-state index contributed by atoms with van der Waals surface area (Å²) in [5.74, 6) is 0.414. The molecule has 0 spiro atoms. The number of hydrogen-bond donors (Lipinski definition) is 2. The van der Waals surface area contributed by atoms with Crippen LogP contribution in [0.25, 0.3) is 0 Å². The predicted octanol–water partition coefficient (Wildman–Crippen LogP) is 2.57. The van der Waals surface area contributed by atoms with Crippen molar-refractivity contribution in [2.45, 2.75) is 19.9 Å². The van der Waals surface area contributed by atoms with Gasteiger partial charge in [0.25, 0.3) is 0 Å². The summed E-state index contributed by atoms with van der Waals surface area (Å²) in [7, 11) is 0. The van der Waals surface area contributed by atoms with Gasteiger partial charge in [0.2, 0.25) is 0 Å². The zero-order valence-corrected chi connectivity index (χ0v) is 11.0. The summed E-state index contributed by atoms with van der Waals surface area (Å²) in [6, 6.07) is 12.0. The molecule has 0 aliphatic carbocycles. The molecular formula is C15H18N4. The van der Waals surface area contributed by atoms with Gasteiger partial charge in [-0.25, -0.2) is 4.99 Å². The molecule has 3 N–H and O–H groups in total. The quantitative estimate of drug-likeness (QED) is 0.651. The van der Waals surface area contributed by atoms with Crippen molar-refractivity contribution in [3.05, 3.63) is 59.9 Å². The van der Waals surface area contributed by atoms with Gasteiger partial charge in [0.05, 0.1) is 6.54 Å². The first-order valence-electron chi connectivity index (χ1n) is 6.32. The summed E-state index contributed by atoms with van der Waals surface area (Å²) in [6.45, 7) is 2.65. The number of benzene rings is 1. The topological polar surface area (TPSA) is 63.3 Å². The highest BCUT2D eigenvalue weighted by Crippen LogP contribution is 2.10. The van der Waals surface area contributed by atoms with Gasteiger partial charge in [-0.3, -0.25) is 4.98 Å². The molecule has 0 atom stereocenters. The van der Waals surface area contributed by atoms with Crippen LogP contribution in [0.1, 0.15) is 18.1 Å². The van der Waals surface area contributed by atoms with Crippen LogP contribution in [-0.2, 0) is 13.0 Å². The summed E-state index contributed by atoms with van der Waals surface area (Å²) in [5.41, 5.74) is 9.13. The van der Waals surface area contributed by atoms with Gasteiger partial charge in [-0.05, 0) is 35.7 Å². The SMILES string of the molecule is CCc1cccc(NC(N)=NCc2cccnc2)c1. The van der Waals surface area contributed by atoms with E-state index in [2.05, 4.69) is 34.3 Å². The van der Waals surface area contributed by atoms with E-state index in [0.717, 1.165) is 17.7 Å². The molecule has 0 fully saturated rings. The van der Waals surface area contributed by atoms with E-state index in [9.17, 15) is 0 Å². The number of anilines is 1. The van der Waals surface area contributed by atoms with Crippen LogP contribution in [0.4, 0.5) is 5.69 Å². The van der Waals surface area contributed by atoms with Gasteiger partial charge in [0.15, 0.2) is 5.96 Å². The van der Waals surface area contributed by atoms with Crippen molar-refractivity contribution in [3.8, 4) is 0 Å². The number of aromatic nitrogens is 1. The Kier molecular flexibility index (Phi) is 4.50. The Morgan fingerprint density at radius 2 is 2.11 bits per heavy atom. The third kappa shape index (κ3) is 4.10. The maximum Gasteiger partial charge on any atom is 0.193 e. The van der Waals surface area contributed by atoms with Gasteiger partial charge in [-0.2, -0.15) is 0 Å². The number of aliphatic imine (C=N–C) groups is 1. The Morgan fingerprint density at radius 1 is 1.26 bits per heavy atom. The molecule has 4 nitrogen and oxygen atoms in total. The molecule has 4 heteroatoms. The van der Waals surface area contributed by atoms with Crippen molar-refractivity contribution >= 4 is 11.6 Å². The average molecular weight is 254 g/mol. The normalized spacial score (nSPS) is 11.3. The minimum absolute atomic E-state index is 0.414. The standard InChI is InChI=1S/C15H18N4/c1-2-12-5-3-7-14(9-12)19-15(16)18-11-13-6-4-8-17-10-13/h3-10H,2,11H2,1H3,(H3,16,18,19). The van der Waals surface area contributed by atoms with Crippen LogP contribution in [0.15, 0.2) is 53.8 Å². The van der Waals surface area contributed by atoms with Crippen LogP contribution in [0, 0.1) is 0 Å². The first-order chi connectivity index (χ1) is 9.28. The number of aryl methyl sites for hydroxylation is 1. The third-order valence-electron chi connectivity index (χ3n) is 2.76. The monoisotopic (exact) mass is 254 g/mol. The molecule has 0 saturated carbocycles. The fraction of sp³-hybridized carbons (Fsp3) is 0.200. The number of nitrogens with two attached hydrogens (primary N) is 1. The molecule has 19 heavy (non-hydrogen) atoms. The molecule has 1 heterocycles. The second-order valence-corrected chi connectivity index (χ2v) is 4.24. The van der Waals surface area contributed by atoms with Crippen molar-refractivity contribution < 1.29 is 0 Å². The molecule has 2 aromatic rings. The Balaban J connectivity index is 1.98. The highest BCUT2D eigenvalue weighted by atomic mass is 15.1. The van der Waals surface area contributed by atoms with Gasteiger partial charge in [0.1, 0.15) is 0 Å². The summed E-state index contributed by atoms with van der Waals surface area (Å²) in [6.07, 6.45) is 4.53. The van der Waals surface area contributed by atoms with Gasteiger partial charge in [-0.15, -0.1) is 0 Å². The molecule has 1 aromatic heterocycles. The average Bonchev–Trinajstić information content (AvgIpc) is 2.46. The number of nitrogens with zero attached hydrogens (tertiary/aromatic N) is 2. The first kappa shape index (κ1) is 13.1. The molecule has 0 bridgehead atoms. The number of nitrogens with one attached hydrogen (secondary N) is 1. The maximum atomic E-state index is 5.86. The van der Waals surface area contributed by atoms with Gasteiger partial charge < -0.3 is 11.1 Å². The Labute approximate surface area is 113 Å². The molecule has 98 valence electrons. The van der Waals surface area contributed by atoms with Crippen LogP contribution < -0.4 is 11.1 Å². The largest absolute Gasteiger partial charge is 0.370 e. The lowest BCUT2D eigenvalue weighted by Gasteiger charge is -2.07. The van der Waals surface area contributed by atoms with Crippen molar-refractivity contribution in [1.29, 1.82) is 0 Å². The lowest BCUT2D eigenvalue weighted by Crippen LogP contribution is -2.22.